The number of pyridine rings is 1. The Labute approximate surface area is 160 Å². The number of halogens is 2. The van der Waals surface area contributed by atoms with E-state index in [1.807, 2.05) is 30.3 Å². The zero-order valence-corrected chi connectivity index (χ0v) is 15.0. The molecule has 0 aliphatic rings. The molecule has 0 aliphatic carbocycles. The van der Waals surface area contributed by atoms with Gasteiger partial charge in [0.2, 0.25) is 0 Å². The molecule has 0 aliphatic heterocycles. The van der Waals surface area contributed by atoms with Gasteiger partial charge in [0.25, 0.3) is 5.91 Å². The summed E-state index contributed by atoms with van der Waals surface area (Å²) in [6.07, 6.45) is 1.68. The molecular weight excluding hydrogens is 369 g/mol. The van der Waals surface area contributed by atoms with Crippen LogP contribution in [0.4, 0.5) is 5.69 Å². The van der Waals surface area contributed by atoms with E-state index in [0.29, 0.717) is 32.8 Å². The molecule has 26 heavy (non-hydrogen) atoms. The van der Waals surface area contributed by atoms with Gasteiger partial charge in [0.1, 0.15) is 17.0 Å². The van der Waals surface area contributed by atoms with E-state index in [-0.39, 0.29) is 5.91 Å². The number of rotatable bonds is 3. The van der Waals surface area contributed by atoms with Crippen molar-refractivity contribution in [3.63, 3.8) is 0 Å². The largest absolute Gasteiger partial charge is 0.321 e. The van der Waals surface area contributed by atoms with Crippen molar-refractivity contribution in [3.8, 4) is 11.3 Å². The second kappa shape index (κ2) is 6.83. The number of hydrogen-bond donors (Lipinski definition) is 1. The molecule has 4 rings (SSSR count). The molecule has 0 radical (unpaired) electrons. The van der Waals surface area contributed by atoms with Gasteiger partial charge in [0.15, 0.2) is 0 Å². The molecule has 0 atom stereocenters. The Morgan fingerprint density at radius 1 is 0.923 bits per heavy atom. The molecule has 1 amide bonds. The number of amides is 1. The van der Waals surface area contributed by atoms with Crippen molar-refractivity contribution < 1.29 is 4.79 Å². The minimum Gasteiger partial charge on any atom is -0.321 e. The van der Waals surface area contributed by atoms with Gasteiger partial charge in [0.05, 0.1) is 5.02 Å². The Kier molecular flexibility index (Phi) is 4.37. The fraction of sp³-hybridized carbons (Fsp3) is 0. The maximum atomic E-state index is 13.0. The maximum Gasteiger partial charge on any atom is 0.274 e. The zero-order valence-electron chi connectivity index (χ0n) is 13.5. The highest BCUT2D eigenvalue weighted by Gasteiger charge is 2.21. The molecule has 4 aromatic rings. The van der Waals surface area contributed by atoms with Gasteiger partial charge >= 0.3 is 0 Å². The topological polar surface area (TPSA) is 46.4 Å². The second-order valence-electron chi connectivity index (χ2n) is 5.72. The smallest absolute Gasteiger partial charge is 0.274 e. The average molecular weight is 382 g/mol. The minimum absolute atomic E-state index is 0.291. The number of fused-ring (bicyclic) bond motifs is 1. The first-order valence-corrected chi connectivity index (χ1v) is 8.67. The van der Waals surface area contributed by atoms with Gasteiger partial charge in [-0.15, -0.1) is 0 Å². The highest BCUT2D eigenvalue weighted by atomic mass is 35.5. The summed E-state index contributed by atoms with van der Waals surface area (Å²) in [4.78, 5) is 17.7. The van der Waals surface area contributed by atoms with Crippen molar-refractivity contribution in [2.45, 2.75) is 0 Å². The van der Waals surface area contributed by atoms with Crippen molar-refractivity contribution in [2.75, 3.05) is 5.32 Å². The third-order valence-electron chi connectivity index (χ3n) is 3.93. The van der Waals surface area contributed by atoms with Crippen LogP contribution in [0.2, 0.25) is 10.0 Å². The van der Waals surface area contributed by atoms with Gasteiger partial charge in [-0.3, -0.25) is 9.20 Å². The Balaban J connectivity index is 1.86. The van der Waals surface area contributed by atoms with Crippen molar-refractivity contribution in [1.82, 2.24) is 9.38 Å². The fourth-order valence-corrected chi connectivity index (χ4v) is 3.14. The molecule has 0 saturated carbocycles. The molecule has 2 heterocycles. The number of imidazole rings is 1. The number of hydrogen-bond acceptors (Lipinski definition) is 2. The summed E-state index contributed by atoms with van der Waals surface area (Å²) in [5, 5.41) is 3.95. The average Bonchev–Trinajstić information content (AvgIpc) is 3.01. The highest BCUT2D eigenvalue weighted by molar-refractivity contribution is 6.31. The number of nitrogens with zero attached hydrogens (tertiary/aromatic N) is 2. The molecule has 0 spiro atoms. The molecule has 0 unspecified atom stereocenters. The molecule has 2 aromatic carbocycles. The normalized spacial score (nSPS) is 10.8. The first kappa shape index (κ1) is 16.6. The van der Waals surface area contributed by atoms with E-state index in [2.05, 4.69) is 10.3 Å². The summed E-state index contributed by atoms with van der Waals surface area (Å²) >= 11 is 12.1. The van der Waals surface area contributed by atoms with Gasteiger partial charge in [-0.05, 0) is 30.3 Å². The van der Waals surface area contributed by atoms with E-state index in [1.54, 1.807) is 47.0 Å². The molecule has 2 aromatic heterocycles. The first-order chi connectivity index (χ1) is 12.6. The summed E-state index contributed by atoms with van der Waals surface area (Å²) in [5.74, 6) is -0.291. The summed E-state index contributed by atoms with van der Waals surface area (Å²) in [5.41, 5.74) is 3.10. The quantitative estimate of drug-likeness (QED) is 0.504. The summed E-state index contributed by atoms with van der Waals surface area (Å²) < 4.78 is 1.70. The van der Waals surface area contributed by atoms with Crippen LogP contribution in [0.15, 0.2) is 72.9 Å². The standard InChI is InChI=1S/C20H13Cl2N3O/c21-14-7-4-8-16(11-14)23-20(26)19-18(13-5-2-1-3-6-13)24-17-10-9-15(22)12-25(17)19/h1-12H,(H,23,26). The third kappa shape index (κ3) is 3.17. The predicted molar refractivity (Wildman–Crippen MR) is 105 cm³/mol. The zero-order chi connectivity index (χ0) is 18.1. The lowest BCUT2D eigenvalue weighted by molar-refractivity contribution is 0.102. The number of anilines is 1. The van der Waals surface area contributed by atoms with Gasteiger partial charge in [-0.1, -0.05) is 59.6 Å². The van der Waals surface area contributed by atoms with Gasteiger partial charge in [0, 0.05) is 22.5 Å². The Morgan fingerprint density at radius 3 is 2.50 bits per heavy atom. The van der Waals surface area contributed by atoms with E-state index in [4.69, 9.17) is 23.2 Å². The molecule has 6 heteroatoms. The van der Waals surface area contributed by atoms with Crippen LogP contribution in [0.5, 0.6) is 0 Å². The molecular formula is C20H13Cl2N3O. The molecule has 0 saturated heterocycles. The molecule has 0 bridgehead atoms. The summed E-state index contributed by atoms with van der Waals surface area (Å²) in [7, 11) is 0. The van der Waals surface area contributed by atoms with E-state index in [9.17, 15) is 4.79 Å². The SMILES string of the molecule is O=C(Nc1cccc(Cl)c1)c1c(-c2ccccc2)nc2ccc(Cl)cn12. The second-order valence-corrected chi connectivity index (χ2v) is 6.59. The molecule has 1 N–H and O–H groups in total. The fourth-order valence-electron chi connectivity index (χ4n) is 2.79. The van der Waals surface area contributed by atoms with Crippen LogP contribution >= 0.6 is 23.2 Å². The summed E-state index contributed by atoms with van der Waals surface area (Å²) in [6.45, 7) is 0. The van der Waals surface area contributed by atoms with Gasteiger partial charge in [-0.2, -0.15) is 0 Å². The lowest BCUT2D eigenvalue weighted by atomic mass is 10.1. The number of carbonyl (C=O) groups excluding carboxylic acids is 1. The van der Waals surface area contributed by atoms with E-state index in [0.717, 1.165) is 5.56 Å². The minimum atomic E-state index is -0.291. The van der Waals surface area contributed by atoms with Gasteiger partial charge in [-0.25, -0.2) is 4.98 Å². The number of benzene rings is 2. The van der Waals surface area contributed by atoms with Gasteiger partial charge < -0.3 is 5.32 Å². The van der Waals surface area contributed by atoms with Crippen LogP contribution in [-0.2, 0) is 0 Å². The Morgan fingerprint density at radius 2 is 1.73 bits per heavy atom. The maximum absolute atomic E-state index is 13.0. The van der Waals surface area contributed by atoms with Crippen LogP contribution < -0.4 is 5.32 Å². The van der Waals surface area contributed by atoms with Crippen molar-refractivity contribution >= 4 is 40.4 Å². The van der Waals surface area contributed by atoms with Crippen molar-refractivity contribution in [3.05, 3.63) is 88.7 Å². The van der Waals surface area contributed by atoms with Crippen LogP contribution in [0, 0.1) is 0 Å². The van der Waals surface area contributed by atoms with E-state index < -0.39 is 0 Å². The van der Waals surface area contributed by atoms with Crippen LogP contribution in [0.25, 0.3) is 16.9 Å². The summed E-state index contributed by atoms with van der Waals surface area (Å²) in [6, 6.07) is 20.1. The monoisotopic (exact) mass is 381 g/mol. The third-order valence-corrected chi connectivity index (χ3v) is 4.39. The van der Waals surface area contributed by atoms with Crippen LogP contribution in [-0.4, -0.2) is 15.3 Å². The highest BCUT2D eigenvalue weighted by Crippen LogP contribution is 2.27. The number of aromatic nitrogens is 2. The molecule has 0 fully saturated rings. The van der Waals surface area contributed by atoms with E-state index >= 15 is 0 Å². The van der Waals surface area contributed by atoms with Crippen molar-refractivity contribution in [1.29, 1.82) is 0 Å². The Hall–Kier alpha value is -2.82. The number of nitrogens with one attached hydrogen (secondary N) is 1. The van der Waals surface area contributed by atoms with Crippen LogP contribution in [0.3, 0.4) is 0 Å². The molecule has 128 valence electrons. The predicted octanol–water partition coefficient (Wildman–Crippen LogP) is 5.56. The lowest BCUT2D eigenvalue weighted by Gasteiger charge is -2.08. The first-order valence-electron chi connectivity index (χ1n) is 7.92. The lowest BCUT2D eigenvalue weighted by Crippen LogP contribution is -2.15. The van der Waals surface area contributed by atoms with Crippen molar-refractivity contribution in [2.24, 2.45) is 0 Å². The number of carbonyl (C=O) groups is 1. The molecule has 4 nitrogen and oxygen atoms in total. The van der Waals surface area contributed by atoms with Crippen LogP contribution in [0.1, 0.15) is 10.5 Å². The van der Waals surface area contributed by atoms with E-state index in [1.165, 1.54) is 0 Å². The Bertz CT molecular complexity index is 1110.